The van der Waals surface area contributed by atoms with Gasteiger partial charge in [-0.05, 0) is 57.3 Å². The number of methoxy groups -OCH3 is 1. The molecule has 0 unspecified atom stereocenters. The van der Waals surface area contributed by atoms with Gasteiger partial charge in [0.25, 0.3) is 0 Å². The van der Waals surface area contributed by atoms with Gasteiger partial charge in [0.05, 0.1) is 10.7 Å². The van der Waals surface area contributed by atoms with E-state index in [0.29, 0.717) is 5.75 Å². The number of ether oxygens (including phenoxy) is 2. The molecule has 0 aliphatic carbocycles. The van der Waals surface area contributed by atoms with Gasteiger partial charge >= 0.3 is 5.97 Å². The molecule has 0 aliphatic rings. The Morgan fingerprint density at radius 1 is 1.39 bits per heavy atom. The zero-order valence-electron chi connectivity index (χ0n) is 9.44. The van der Waals surface area contributed by atoms with Gasteiger partial charge in [-0.2, -0.15) is 0 Å². The maximum Gasteiger partial charge on any atom is 0.343 e. The third-order valence-electron chi connectivity index (χ3n) is 2.31. The van der Waals surface area contributed by atoms with E-state index in [-0.39, 0.29) is 6.61 Å². The van der Waals surface area contributed by atoms with Gasteiger partial charge in [0.1, 0.15) is 5.52 Å². The summed E-state index contributed by atoms with van der Waals surface area (Å²) in [5.74, 6) is 0.213. The highest BCUT2D eigenvalue weighted by molar-refractivity contribution is 14.1. The Balaban J connectivity index is 2.46. The molecule has 4 nitrogen and oxygen atoms in total. The van der Waals surface area contributed by atoms with Crippen LogP contribution in [0, 0.1) is 7.14 Å². The van der Waals surface area contributed by atoms with Crippen LogP contribution in [0.1, 0.15) is 0 Å². The van der Waals surface area contributed by atoms with Crippen LogP contribution in [0.2, 0.25) is 0 Å². The molecule has 18 heavy (non-hydrogen) atoms. The third kappa shape index (κ3) is 2.85. The van der Waals surface area contributed by atoms with Crippen molar-refractivity contribution in [1.82, 2.24) is 4.98 Å². The quantitative estimate of drug-likeness (QED) is 0.513. The predicted molar refractivity (Wildman–Crippen MR) is 84.7 cm³/mol. The summed E-state index contributed by atoms with van der Waals surface area (Å²) in [6.07, 6.45) is 1.71. The van der Waals surface area contributed by atoms with Crippen LogP contribution in [-0.4, -0.2) is 24.7 Å². The number of nitrogens with zero attached hydrogens (tertiary/aromatic N) is 1. The Bertz CT molecular complexity index is 601. The van der Waals surface area contributed by atoms with Gasteiger partial charge in [-0.15, -0.1) is 0 Å². The second-order valence-corrected chi connectivity index (χ2v) is 5.76. The molecular weight excluding hydrogens is 460 g/mol. The van der Waals surface area contributed by atoms with E-state index in [1.165, 1.54) is 7.11 Å². The Kier molecular flexibility index (Phi) is 4.60. The number of benzene rings is 1. The third-order valence-corrected chi connectivity index (χ3v) is 4.01. The highest BCUT2D eigenvalue weighted by atomic mass is 127. The topological polar surface area (TPSA) is 48.4 Å². The number of pyridine rings is 1. The molecule has 94 valence electrons. The van der Waals surface area contributed by atoms with Crippen LogP contribution in [0.15, 0.2) is 24.4 Å². The van der Waals surface area contributed by atoms with Crippen molar-refractivity contribution >= 4 is 62.1 Å². The van der Waals surface area contributed by atoms with Crippen LogP contribution in [0.25, 0.3) is 10.9 Å². The molecule has 0 radical (unpaired) electrons. The minimum Gasteiger partial charge on any atom is -0.478 e. The summed E-state index contributed by atoms with van der Waals surface area (Å²) >= 11 is 4.43. The molecule has 0 N–H and O–H groups in total. The summed E-state index contributed by atoms with van der Waals surface area (Å²) in [5, 5.41) is 1.01. The van der Waals surface area contributed by atoms with Crippen molar-refractivity contribution in [3.05, 3.63) is 31.5 Å². The summed E-state index contributed by atoms with van der Waals surface area (Å²) < 4.78 is 12.1. The zero-order valence-corrected chi connectivity index (χ0v) is 13.8. The Hall–Kier alpha value is -0.640. The fourth-order valence-electron chi connectivity index (χ4n) is 1.47. The van der Waals surface area contributed by atoms with Crippen LogP contribution in [0.5, 0.6) is 5.75 Å². The van der Waals surface area contributed by atoms with Gasteiger partial charge in [0.2, 0.25) is 0 Å². The van der Waals surface area contributed by atoms with Gasteiger partial charge in [0, 0.05) is 15.2 Å². The molecule has 6 heteroatoms. The maximum atomic E-state index is 11.1. The number of esters is 1. The fourth-order valence-corrected chi connectivity index (χ4v) is 3.54. The normalized spacial score (nSPS) is 10.4. The lowest BCUT2D eigenvalue weighted by Crippen LogP contribution is -2.13. The summed E-state index contributed by atoms with van der Waals surface area (Å²) in [4.78, 5) is 15.4. The number of fused-ring (bicyclic) bond motifs is 1. The predicted octanol–water partition coefficient (Wildman–Crippen LogP) is 3.00. The number of carbonyl (C=O) groups excluding carboxylic acids is 1. The largest absolute Gasteiger partial charge is 0.478 e. The van der Waals surface area contributed by atoms with Crippen molar-refractivity contribution in [2.24, 2.45) is 0 Å². The minimum absolute atomic E-state index is 0.112. The Morgan fingerprint density at radius 3 is 2.89 bits per heavy atom. The van der Waals surface area contributed by atoms with Gasteiger partial charge in [-0.3, -0.25) is 4.98 Å². The number of rotatable bonds is 3. The Labute approximate surface area is 131 Å². The van der Waals surface area contributed by atoms with Crippen LogP contribution in [0.4, 0.5) is 0 Å². The van der Waals surface area contributed by atoms with Crippen molar-refractivity contribution in [2.75, 3.05) is 13.7 Å². The van der Waals surface area contributed by atoms with Crippen LogP contribution in [0.3, 0.4) is 0 Å². The number of hydrogen-bond donors (Lipinski definition) is 0. The molecule has 1 aromatic carbocycles. The average molecular weight is 469 g/mol. The van der Waals surface area contributed by atoms with E-state index in [9.17, 15) is 4.79 Å². The highest BCUT2D eigenvalue weighted by Crippen LogP contribution is 2.32. The molecule has 0 aliphatic heterocycles. The Morgan fingerprint density at radius 2 is 2.17 bits per heavy atom. The van der Waals surface area contributed by atoms with Crippen molar-refractivity contribution in [3.63, 3.8) is 0 Å². The van der Waals surface area contributed by atoms with E-state index in [4.69, 9.17) is 4.74 Å². The summed E-state index contributed by atoms with van der Waals surface area (Å²) in [7, 11) is 1.33. The second-order valence-electron chi connectivity index (χ2n) is 3.43. The summed E-state index contributed by atoms with van der Waals surface area (Å²) in [6, 6.07) is 5.85. The molecule has 1 heterocycles. The first kappa shape index (κ1) is 13.8. The van der Waals surface area contributed by atoms with Gasteiger partial charge in [-0.25, -0.2) is 4.79 Å². The van der Waals surface area contributed by atoms with Crippen molar-refractivity contribution in [2.45, 2.75) is 0 Å². The maximum absolute atomic E-state index is 11.1. The number of aromatic nitrogens is 1. The second kappa shape index (κ2) is 6.00. The van der Waals surface area contributed by atoms with Gasteiger partial charge in [0.15, 0.2) is 12.4 Å². The summed E-state index contributed by atoms with van der Waals surface area (Å²) in [5.41, 5.74) is 0.762. The van der Waals surface area contributed by atoms with Crippen LogP contribution in [-0.2, 0) is 9.53 Å². The first-order valence-electron chi connectivity index (χ1n) is 5.06. The van der Waals surface area contributed by atoms with Gasteiger partial charge < -0.3 is 9.47 Å². The molecule has 0 spiro atoms. The molecule has 0 atom stereocenters. The van der Waals surface area contributed by atoms with E-state index in [0.717, 1.165) is 18.0 Å². The van der Waals surface area contributed by atoms with Crippen molar-refractivity contribution in [3.8, 4) is 5.75 Å². The molecular formula is C12H9I2NO3. The molecule has 2 rings (SSSR count). The molecule has 0 bridgehead atoms. The molecule has 1 aromatic heterocycles. The lowest BCUT2D eigenvalue weighted by Gasteiger charge is -2.11. The zero-order chi connectivity index (χ0) is 13.1. The first-order valence-corrected chi connectivity index (χ1v) is 7.21. The van der Waals surface area contributed by atoms with E-state index >= 15 is 0 Å². The standard InChI is InChI=1S/C12H9I2NO3/c1-17-10(16)6-18-12-9(14)5-8(13)7-3-2-4-15-11(7)12/h2-5H,6H2,1H3. The fraction of sp³-hybridized carbons (Fsp3) is 0.167. The van der Waals surface area contributed by atoms with Crippen LogP contribution >= 0.6 is 45.2 Å². The van der Waals surface area contributed by atoms with E-state index < -0.39 is 5.97 Å². The smallest absolute Gasteiger partial charge is 0.343 e. The van der Waals surface area contributed by atoms with Crippen molar-refractivity contribution in [1.29, 1.82) is 0 Å². The minimum atomic E-state index is -0.409. The van der Waals surface area contributed by atoms with E-state index in [1.807, 2.05) is 18.2 Å². The number of halogens is 2. The SMILES string of the molecule is COC(=O)COc1c(I)cc(I)c2cccnc12. The molecule has 0 fully saturated rings. The monoisotopic (exact) mass is 469 g/mol. The van der Waals surface area contributed by atoms with Crippen molar-refractivity contribution < 1.29 is 14.3 Å². The molecule has 0 saturated carbocycles. The first-order chi connectivity index (χ1) is 8.63. The lowest BCUT2D eigenvalue weighted by molar-refractivity contribution is -0.142. The summed E-state index contributed by atoms with van der Waals surface area (Å²) in [6.45, 7) is -0.112. The number of carbonyl (C=O) groups is 1. The van der Waals surface area contributed by atoms with E-state index in [1.54, 1.807) is 6.20 Å². The number of hydrogen-bond acceptors (Lipinski definition) is 4. The van der Waals surface area contributed by atoms with E-state index in [2.05, 4.69) is 54.9 Å². The lowest BCUT2D eigenvalue weighted by atomic mass is 10.2. The van der Waals surface area contributed by atoms with Crippen LogP contribution < -0.4 is 4.74 Å². The molecule has 0 saturated heterocycles. The molecule has 2 aromatic rings. The van der Waals surface area contributed by atoms with Gasteiger partial charge in [-0.1, -0.05) is 6.07 Å². The highest BCUT2D eigenvalue weighted by Gasteiger charge is 2.13. The average Bonchev–Trinajstić information content (AvgIpc) is 2.38. The molecule has 0 amide bonds.